The summed E-state index contributed by atoms with van der Waals surface area (Å²) < 4.78 is 26.6. The summed E-state index contributed by atoms with van der Waals surface area (Å²) in [6.07, 6.45) is 0.709. The highest BCUT2D eigenvalue weighted by atomic mass is 32.2. The van der Waals surface area contributed by atoms with Crippen LogP contribution in [0.2, 0.25) is 0 Å². The lowest BCUT2D eigenvalue weighted by atomic mass is 9.68. The maximum atomic E-state index is 13.3. The van der Waals surface area contributed by atoms with Crippen molar-refractivity contribution in [2.24, 2.45) is 5.41 Å². The molecule has 5 heteroatoms. The Kier molecular flexibility index (Phi) is 3.23. The smallest absolute Gasteiger partial charge is 0.248 e. The van der Waals surface area contributed by atoms with E-state index in [0.717, 1.165) is 11.5 Å². The van der Waals surface area contributed by atoms with E-state index in [2.05, 4.69) is 0 Å². The lowest BCUT2D eigenvalue weighted by Gasteiger charge is -2.46. The van der Waals surface area contributed by atoms with Crippen LogP contribution in [0.4, 0.5) is 8.78 Å². The molecule has 0 bridgehead atoms. The lowest BCUT2D eigenvalue weighted by Crippen LogP contribution is -2.52. The normalized spacial score (nSPS) is 37.5. The van der Waals surface area contributed by atoms with E-state index in [1.54, 1.807) is 11.8 Å². The first-order valence-electron chi connectivity index (χ1n) is 5.72. The van der Waals surface area contributed by atoms with Gasteiger partial charge in [-0.3, -0.25) is 0 Å². The van der Waals surface area contributed by atoms with Crippen molar-refractivity contribution in [1.29, 1.82) is 0 Å². The summed E-state index contributed by atoms with van der Waals surface area (Å²) in [4.78, 5) is 0. The van der Waals surface area contributed by atoms with Crippen LogP contribution in [0.5, 0.6) is 0 Å². The third-order valence-corrected chi connectivity index (χ3v) is 5.16. The highest BCUT2D eigenvalue weighted by molar-refractivity contribution is 7.99. The van der Waals surface area contributed by atoms with Crippen LogP contribution in [0.25, 0.3) is 0 Å². The summed E-state index contributed by atoms with van der Waals surface area (Å²) in [5.41, 5.74) is -2.07. The maximum Gasteiger partial charge on any atom is 0.248 e. The van der Waals surface area contributed by atoms with E-state index in [0.29, 0.717) is 12.8 Å². The largest absolute Gasteiger partial charge is 0.396 e. The molecule has 1 atom stereocenters. The fraction of sp³-hybridized carbons (Fsp3) is 1.00. The molecule has 0 aromatic rings. The number of aliphatic hydroxyl groups excluding tert-OH is 1. The van der Waals surface area contributed by atoms with Gasteiger partial charge in [0.25, 0.3) is 0 Å². The Balaban J connectivity index is 2.21. The minimum atomic E-state index is -2.72. The zero-order chi connectivity index (χ0) is 11.9. The zero-order valence-electron chi connectivity index (χ0n) is 9.22. The number of hydrogen-bond donors (Lipinski definition) is 2. The fourth-order valence-corrected chi connectivity index (χ4v) is 4.18. The Morgan fingerprint density at radius 3 is 2.12 bits per heavy atom. The van der Waals surface area contributed by atoms with E-state index in [4.69, 9.17) is 0 Å². The Morgan fingerprint density at radius 2 is 1.69 bits per heavy atom. The molecule has 94 valence electrons. The van der Waals surface area contributed by atoms with Crippen molar-refractivity contribution < 1.29 is 19.0 Å². The third-order valence-electron chi connectivity index (χ3n) is 4.18. The van der Waals surface area contributed by atoms with Gasteiger partial charge in [0, 0.05) is 18.3 Å². The summed E-state index contributed by atoms with van der Waals surface area (Å²) in [6.45, 7) is -0.330. The van der Waals surface area contributed by atoms with E-state index in [1.807, 2.05) is 0 Å². The minimum absolute atomic E-state index is 0.205. The average molecular weight is 252 g/mol. The first kappa shape index (κ1) is 12.6. The molecule has 1 aliphatic heterocycles. The summed E-state index contributed by atoms with van der Waals surface area (Å²) in [5, 5.41) is 20.0. The van der Waals surface area contributed by atoms with E-state index >= 15 is 0 Å². The topological polar surface area (TPSA) is 40.5 Å². The van der Waals surface area contributed by atoms with E-state index in [1.165, 1.54) is 0 Å². The van der Waals surface area contributed by atoms with Gasteiger partial charge in [0.1, 0.15) is 0 Å². The van der Waals surface area contributed by atoms with Crippen LogP contribution in [0, 0.1) is 5.41 Å². The highest BCUT2D eigenvalue weighted by Crippen LogP contribution is 2.56. The molecule has 0 aromatic heterocycles. The first-order valence-corrected chi connectivity index (χ1v) is 6.87. The molecule has 0 spiro atoms. The van der Waals surface area contributed by atoms with Crippen LogP contribution in [0.1, 0.15) is 32.1 Å². The molecule has 1 heterocycles. The molecular weight excluding hydrogens is 234 g/mol. The van der Waals surface area contributed by atoms with E-state index in [-0.39, 0.29) is 25.9 Å². The summed E-state index contributed by atoms with van der Waals surface area (Å²) in [5.74, 6) is -1.13. The van der Waals surface area contributed by atoms with Crippen molar-refractivity contribution in [1.82, 2.24) is 0 Å². The van der Waals surface area contributed by atoms with Crippen molar-refractivity contribution in [3.63, 3.8) is 0 Å². The summed E-state index contributed by atoms with van der Waals surface area (Å²) >= 11 is 1.74. The Hall–Kier alpha value is 0.130. The van der Waals surface area contributed by atoms with Crippen LogP contribution >= 0.6 is 11.8 Å². The standard InChI is InChI=1S/C11H18F2O2S/c12-11(13)2-1-9(7-11,8-14)10(15)3-5-16-6-4-10/h14-15H,1-8H2. The summed E-state index contributed by atoms with van der Waals surface area (Å²) in [7, 11) is 0. The van der Waals surface area contributed by atoms with Gasteiger partial charge in [0.15, 0.2) is 0 Å². The molecule has 2 aliphatic rings. The van der Waals surface area contributed by atoms with Gasteiger partial charge in [0.2, 0.25) is 5.92 Å². The zero-order valence-corrected chi connectivity index (χ0v) is 10.0. The molecule has 2 nitrogen and oxygen atoms in total. The Morgan fingerprint density at radius 1 is 1.06 bits per heavy atom. The SMILES string of the molecule is OCC1(C2(O)CCSCC2)CCC(F)(F)C1. The van der Waals surface area contributed by atoms with Crippen LogP contribution in [-0.2, 0) is 0 Å². The average Bonchev–Trinajstić information content (AvgIpc) is 2.57. The summed E-state index contributed by atoms with van der Waals surface area (Å²) in [6, 6.07) is 0. The number of aliphatic hydroxyl groups is 2. The monoisotopic (exact) mass is 252 g/mol. The molecule has 0 radical (unpaired) electrons. The second-order valence-corrected chi connectivity index (χ2v) is 6.34. The van der Waals surface area contributed by atoms with Gasteiger partial charge in [-0.05, 0) is 30.8 Å². The van der Waals surface area contributed by atoms with E-state index in [9.17, 15) is 19.0 Å². The van der Waals surface area contributed by atoms with Gasteiger partial charge in [-0.15, -0.1) is 0 Å². The second-order valence-electron chi connectivity index (χ2n) is 5.12. The van der Waals surface area contributed by atoms with Gasteiger partial charge in [-0.25, -0.2) is 8.78 Å². The van der Waals surface area contributed by atoms with Crippen molar-refractivity contribution in [3.05, 3.63) is 0 Å². The predicted octanol–water partition coefficient (Wildman–Crippen LogP) is 2.04. The van der Waals surface area contributed by atoms with Crippen molar-refractivity contribution in [2.75, 3.05) is 18.1 Å². The molecule has 1 unspecified atom stereocenters. The van der Waals surface area contributed by atoms with Crippen molar-refractivity contribution >= 4 is 11.8 Å². The van der Waals surface area contributed by atoms with Crippen LogP contribution in [0.3, 0.4) is 0 Å². The van der Waals surface area contributed by atoms with Gasteiger partial charge in [-0.2, -0.15) is 11.8 Å². The molecule has 1 aliphatic carbocycles. The predicted molar refractivity (Wildman–Crippen MR) is 59.8 cm³/mol. The number of rotatable bonds is 2. The quantitative estimate of drug-likeness (QED) is 0.790. The molecule has 0 amide bonds. The Labute approximate surface area is 98.4 Å². The Bertz CT molecular complexity index is 267. The van der Waals surface area contributed by atoms with Gasteiger partial charge in [-0.1, -0.05) is 0 Å². The molecule has 1 saturated heterocycles. The lowest BCUT2D eigenvalue weighted by molar-refractivity contribution is -0.128. The molecule has 2 rings (SSSR count). The van der Waals surface area contributed by atoms with Gasteiger partial charge in [0.05, 0.1) is 12.2 Å². The van der Waals surface area contributed by atoms with Gasteiger partial charge >= 0.3 is 0 Å². The number of hydrogen-bond acceptors (Lipinski definition) is 3. The molecule has 1 saturated carbocycles. The second kappa shape index (κ2) is 4.10. The third kappa shape index (κ3) is 1.97. The molecule has 2 fully saturated rings. The number of alkyl halides is 2. The molecule has 2 N–H and O–H groups in total. The highest BCUT2D eigenvalue weighted by Gasteiger charge is 2.59. The first-order chi connectivity index (χ1) is 7.43. The fourth-order valence-electron chi connectivity index (χ4n) is 3.01. The van der Waals surface area contributed by atoms with Crippen molar-refractivity contribution in [2.45, 2.75) is 43.6 Å². The van der Waals surface area contributed by atoms with Crippen LogP contribution in [-0.4, -0.2) is 39.8 Å². The van der Waals surface area contributed by atoms with Gasteiger partial charge < -0.3 is 10.2 Å². The molecule has 0 aromatic carbocycles. The van der Waals surface area contributed by atoms with Crippen LogP contribution < -0.4 is 0 Å². The molecular formula is C11H18F2O2S. The van der Waals surface area contributed by atoms with Crippen LogP contribution in [0.15, 0.2) is 0 Å². The minimum Gasteiger partial charge on any atom is -0.396 e. The van der Waals surface area contributed by atoms with E-state index < -0.39 is 16.9 Å². The molecule has 16 heavy (non-hydrogen) atoms. The number of halogens is 2. The maximum absolute atomic E-state index is 13.3. The number of thioether (sulfide) groups is 1. The van der Waals surface area contributed by atoms with Crippen molar-refractivity contribution in [3.8, 4) is 0 Å².